The van der Waals surface area contributed by atoms with E-state index in [4.69, 9.17) is 9.15 Å². The quantitative estimate of drug-likeness (QED) is 0.498. The summed E-state index contributed by atoms with van der Waals surface area (Å²) in [7, 11) is 0. The molecule has 0 saturated carbocycles. The monoisotopic (exact) mass is 361 g/mol. The highest BCUT2D eigenvalue weighted by Crippen LogP contribution is 2.28. The van der Waals surface area contributed by atoms with Gasteiger partial charge in [0.2, 0.25) is 5.76 Å². The fourth-order valence-electron chi connectivity index (χ4n) is 3.13. The molecular weight excluding hydrogens is 342 g/mol. The number of rotatable bonds is 5. The standard InChI is InChI=1S/C21H19N3O3/c1-3-26-21(25)19-17(16-11-7-8-12-18(16)27-19)13-24-20(22-14(2)23-24)15-9-5-4-6-10-15/h4-12H,3,13H2,1-2H3. The number of fused-ring (bicyclic) bond motifs is 1. The van der Waals surface area contributed by atoms with E-state index in [1.807, 2.05) is 61.5 Å². The fourth-order valence-corrected chi connectivity index (χ4v) is 3.13. The normalized spacial score (nSPS) is 11.0. The van der Waals surface area contributed by atoms with Crippen LogP contribution in [0.4, 0.5) is 0 Å². The Balaban J connectivity index is 1.83. The Morgan fingerprint density at radius 1 is 1.11 bits per heavy atom. The van der Waals surface area contributed by atoms with Crippen LogP contribution in [-0.2, 0) is 11.3 Å². The number of aromatic nitrogens is 3. The molecule has 6 heteroatoms. The third kappa shape index (κ3) is 3.21. The second-order valence-electron chi connectivity index (χ2n) is 6.13. The first-order valence-electron chi connectivity index (χ1n) is 8.81. The molecule has 2 aromatic heterocycles. The smallest absolute Gasteiger partial charge is 0.374 e. The van der Waals surface area contributed by atoms with Gasteiger partial charge in [-0.25, -0.2) is 14.5 Å². The zero-order chi connectivity index (χ0) is 18.8. The first-order chi connectivity index (χ1) is 13.2. The van der Waals surface area contributed by atoms with Crippen LogP contribution in [0, 0.1) is 6.92 Å². The van der Waals surface area contributed by atoms with Gasteiger partial charge in [-0.15, -0.1) is 0 Å². The summed E-state index contributed by atoms with van der Waals surface area (Å²) in [6.45, 7) is 4.26. The van der Waals surface area contributed by atoms with Crippen LogP contribution >= 0.6 is 0 Å². The lowest BCUT2D eigenvalue weighted by Gasteiger charge is -2.07. The maximum absolute atomic E-state index is 12.4. The molecule has 0 fully saturated rings. The zero-order valence-electron chi connectivity index (χ0n) is 15.2. The fraction of sp³-hybridized carbons (Fsp3) is 0.190. The van der Waals surface area contributed by atoms with Crippen molar-refractivity contribution in [3.63, 3.8) is 0 Å². The summed E-state index contributed by atoms with van der Waals surface area (Å²) in [5.41, 5.74) is 2.35. The maximum atomic E-state index is 12.4. The summed E-state index contributed by atoms with van der Waals surface area (Å²) in [4.78, 5) is 17.0. The van der Waals surface area contributed by atoms with Crippen LogP contribution in [0.25, 0.3) is 22.4 Å². The van der Waals surface area contributed by atoms with E-state index in [0.717, 1.165) is 22.3 Å². The zero-order valence-corrected chi connectivity index (χ0v) is 15.2. The molecular formula is C21H19N3O3. The molecule has 0 spiro atoms. The summed E-state index contributed by atoms with van der Waals surface area (Å²) in [5.74, 6) is 1.15. The Hall–Kier alpha value is -3.41. The van der Waals surface area contributed by atoms with Gasteiger partial charge >= 0.3 is 5.97 Å². The molecule has 0 radical (unpaired) electrons. The van der Waals surface area contributed by atoms with Crippen LogP contribution in [0.5, 0.6) is 0 Å². The highest BCUT2D eigenvalue weighted by Gasteiger charge is 2.23. The average Bonchev–Trinajstić information content (AvgIpc) is 3.24. The minimum Gasteiger partial charge on any atom is -0.460 e. The predicted octanol–water partition coefficient (Wildman–Crippen LogP) is 4.22. The summed E-state index contributed by atoms with van der Waals surface area (Å²) in [6, 6.07) is 17.4. The highest BCUT2D eigenvalue weighted by atomic mass is 16.5. The molecule has 4 rings (SSSR count). The third-order valence-corrected chi connectivity index (χ3v) is 4.28. The molecule has 136 valence electrons. The highest BCUT2D eigenvalue weighted by molar-refractivity contribution is 5.96. The largest absolute Gasteiger partial charge is 0.460 e. The van der Waals surface area contributed by atoms with Crippen LogP contribution in [-0.4, -0.2) is 27.3 Å². The predicted molar refractivity (Wildman–Crippen MR) is 101 cm³/mol. The van der Waals surface area contributed by atoms with Gasteiger partial charge in [-0.2, -0.15) is 5.10 Å². The van der Waals surface area contributed by atoms with E-state index >= 15 is 0 Å². The molecule has 0 unspecified atom stereocenters. The van der Waals surface area contributed by atoms with Crippen molar-refractivity contribution in [1.29, 1.82) is 0 Å². The van der Waals surface area contributed by atoms with Crippen molar-refractivity contribution in [3.8, 4) is 11.4 Å². The second kappa shape index (κ2) is 7.07. The molecule has 4 aromatic rings. The van der Waals surface area contributed by atoms with Gasteiger partial charge < -0.3 is 9.15 Å². The molecule has 6 nitrogen and oxygen atoms in total. The SMILES string of the molecule is CCOC(=O)c1oc2ccccc2c1Cn1nc(C)nc1-c1ccccc1. The number of nitrogens with zero attached hydrogens (tertiary/aromatic N) is 3. The van der Waals surface area contributed by atoms with Crippen molar-refractivity contribution in [2.24, 2.45) is 0 Å². The number of para-hydroxylation sites is 1. The average molecular weight is 361 g/mol. The van der Waals surface area contributed by atoms with Crippen molar-refractivity contribution in [3.05, 3.63) is 71.7 Å². The van der Waals surface area contributed by atoms with Gasteiger partial charge in [0.1, 0.15) is 11.4 Å². The number of hydrogen-bond acceptors (Lipinski definition) is 5. The number of furan rings is 1. The van der Waals surface area contributed by atoms with Crippen LogP contribution in [0.1, 0.15) is 28.9 Å². The van der Waals surface area contributed by atoms with Gasteiger partial charge in [0.15, 0.2) is 5.82 Å². The molecule has 27 heavy (non-hydrogen) atoms. The number of ether oxygens (including phenoxy) is 1. The second-order valence-corrected chi connectivity index (χ2v) is 6.13. The summed E-state index contributed by atoms with van der Waals surface area (Å²) >= 11 is 0. The van der Waals surface area contributed by atoms with E-state index in [9.17, 15) is 4.79 Å². The van der Waals surface area contributed by atoms with Gasteiger partial charge in [0.05, 0.1) is 13.2 Å². The van der Waals surface area contributed by atoms with Gasteiger partial charge in [0, 0.05) is 16.5 Å². The Morgan fingerprint density at radius 3 is 2.63 bits per heavy atom. The number of carbonyl (C=O) groups is 1. The minimum atomic E-state index is -0.471. The lowest BCUT2D eigenvalue weighted by molar-refractivity contribution is 0.0490. The Bertz CT molecular complexity index is 1100. The van der Waals surface area contributed by atoms with E-state index < -0.39 is 5.97 Å². The first-order valence-corrected chi connectivity index (χ1v) is 8.81. The maximum Gasteiger partial charge on any atom is 0.374 e. The van der Waals surface area contributed by atoms with E-state index in [2.05, 4.69) is 10.1 Å². The van der Waals surface area contributed by atoms with Gasteiger partial charge in [-0.05, 0) is 19.9 Å². The lowest BCUT2D eigenvalue weighted by Crippen LogP contribution is -2.10. The molecule has 0 N–H and O–H groups in total. The molecule has 2 aromatic carbocycles. The molecule has 0 bridgehead atoms. The van der Waals surface area contributed by atoms with E-state index in [-0.39, 0.29) is 12.4 Å². The van der Waals surface area contributed by atoms with E-state index in [1.165, 1.54) is 0 Å². The number of aryl methyl sites for hydroxylation is 1. The van der Waals surface area contributed by atoms with Crippen LogP contribution < -0.4 is 0 Å². The molecule has 0 atom stereocenters. The number of esters is 1. The lowest BCUT2D eigenvalue weighted by atomic mass is 10.1. The van der Waals surface area contributed by atoms with Crippen LogP contribution in [0.15, 0.2) is 59.0 Å². The Labute approximate surface area is 156 Å². The van der Waals surface area contributed by atoms with Gasteiger partial charge in [0.25, 0.3) is 0 Å². The Kier molecular flexibility index (Phi) is 4.46. The van der Waals surface area contributed by atoms with Crippen molar-refractivity contribution in [2.75, 3.05) is 6.61 Å². The molecule has 0 aliphatic rings. The van der Waals surface area contributed by atoms with E-state index in [1.54, 1.807) is 11.6 Å². The van der Waals surface area contributed by atoms with Crippen molar-refractivity contribution in [1.82, 2.24) is 14.8 Å². The van der Waals surface area contributed by atoms with Crippen LogP contribution in [0.3, 0.4) is 0 Å². The molecule has 0 aliphatic carbocycles. The van der Waals surface area contributed by atoms with E-state index in [0.29, 0.717) is 18.0 Å². The number of hydrogen-bond donors (Lipinski definition) is 0. The topological polar surface area (TPSA) is 70.2 Å². The first kappa shape index (κ1) is 17.0. The van der Waals surface area contributed by atoms with Gasteiger partial charge in [-0.1, -0.05) is 48.5 Å². The minimum absolute atomic E-state index is 0.213. The van der Waals surface area contributed by atoms with Crippen LogP contribution in [0.2, 0.25) is 0 Å². The molecule has 2 heterocycles. The number of benzene rings is 2. The molecule has 0 aliphatic heterocycles. The number of carbonyl (C=O) groups excluding carboxylic acids is 1. The Morgan fingerprint density at radius 2 is 1.85 bits per heavy atom. The summed E-state index contributed by atoms with van der Waals surface area (Å²) < 4.78 is 12.8. The van der Waals surface area contributed by atoms with Gasteiger partial charge in [-0.3, -0.25) is 0 Å². The summed E-state index contributed by atoms with van der Waals surface area (Å²) in [5, 5.41) is 5.40. The van der Waals surface area contributed by atoms with Crippen molar-refractivity contribution >= 4 is 16.9 Å². The van der Waals surface area contributed by atoms with Crippen molar-refractivity contribution < 1.29 is 13.9 Å². The molecule has 0 amide bonds. The molecule has 0 saturated heterocycles. The third-order valence-electron chi connectivity index (χ3n) is 4.28. The van der Waals surface area contributed by atoms with Crippen molar-refractivity contribution in [2.45, 2.75) is 20.4 Å². The summed E-state index contributed by atoms with van der Waals surface area (Å²) in [6.07, 6.45) is 0.